The van der Waals surface area contributed by atoms with Crippen molar-refractivity contribution in [3.63, 3.8) is 0 Å². The lowest BCUT2D eigenvalue weighted by molar-refractivity contribution is 0.578. The van der Waals surface area contributed by atoms with E-state index in [-0.39, 0.29) is 0 Å². The lowest BCUT2D eigenvalue weighted by Gasteiger charge is -2.13. The fourth-order valence-electron chi connectivity index (χ4n) is 2.15. The summed E-state index contributed by atoms with van der Waals surface area (Å²) < 4.78 is 28.1. The smallest absolute Gasteiger partial charge is 0.241 e. The standard InChI is InChI=1S/C13H19BrN2O2S2/c1-15-8-10-4-5-12(14)13(7-10)20(17,18)16-9-11-3-2-6-19-11/h4-5,7,11,15-16H,2-3,6,8-9H2,1H3. The van der Waals surface area contributed by atoms with Crippen molar-refractivity contribution < 1.29 is 8.42 Å². The molecule has 2 N–H and O–H groups in total. The predicted molar refractivity (Wildman–Crippen MR) is 87.6 cm³/mol. The highest BCUT2D eigenvalue weighted by atomic mass is 79.9. The van der Waals surface area contributed by atoms with Gasteiger partial charge in [-0.2, -0.15) is 11.8 Å². The first kappa shape index (κ1) is 16.3. The molecule has 1 aromatic carbocycles. The molecule has 1 aliphatic heterocycles. The maximum atomic E-state index is 12.4. The zero-order valence-corrected chi connectivity index (χ0v) is 14.6. The maximum absolute atomic E-state index is 12.4. The lowest BCUT2D eigenvalue weighted by Crippen LogP contribution is -2.30. The molecule has 1 atom stereocenters. The van der Waals surface area contributed by atoms with Gasteiger partial charge in [0.25, 0.3) is 0 Å². The molecule has 1 heterocycles. The summed E-state index contributed by atoms with van der Waals surface area (Å²) in [7, 11) is -1.62. The first-order valence-corrected chi connectivity index (χ1v) is 9.90. The van der Waals surface area contributed by atoms with Gasteiger partial charge in [-0.05, 0) is 59.3 Å². The molecule has 1 saturated heterocycles. The van der Waals surface area contributed by atoms with Gasteiger partial charge in [-0.3, -0.25) is 0 Å². The van der Waals surface area contributed by atoms with Gasteiger partial charge < -0.3 is 5.32 Å². The number of sulfonamides is 1. The van der Waals surface area contributed by atoms with Crippen LogP contribution in [0.5, 0.6) is 0 Å². The molecular weight excluding hydrogens is 360 g/mol. The summed E-state index contributed by atoms with van der Waals surface area (Å²) >= 11 is 5.17. The van der Waals surface area contributed by atoms with E-state index in [4.69, 9.17) is 0 Å². The molecule has 0 amide bonds. The van der Waals surface area contributed by atoms with Crippen LogP contribution < -0.4 is 10.0 Å². The molecule has 112 valence electrons. The van der Waals surface area contributed by atoms with Crippen LogP contribution in [-0.2, 0) is 16.6 Å². The topological polar surface area (TPSA) is 58.2 Å². The predicted octanol–water partition coefficient (Wildman–Crippen LogP) is 2.34. The molecular formula is C13H19BrN2O2S2. The van der Waals surface area contributed by atoms with E-state index >= 15 is 0 Å². The summed E-state index contributed by atoms with van der Waals surface area (Å²) in [6, 6.07) is 5.41. The van der Waals surface area contributed by atoms with Gasteiger partial charge in [0.1, 0.15) is 0 Å². The fourth-order valence-corrected chi connectivity index (χ4v) is 5.55. The van der Waals surface area contributed by atoms with Gasteiger partial charge in [-0.25, -0.2) is 13.1 Å². The lowest BCUT2D eigenvalue weighted by atomic mass is 10.2. The Hall–Kier alpha value is -0.0800. The van der Waals surface area contributed by atoms with Crippen LogP contribution in [0.2, 0.25) is 0 Å². The van der Waals surface area contributed by atoms with Crippen molar-refractivity contribution in [2.24, 2.45) is 0 Å². The van der Waals surface area contributed by atoms with Crippen LogP contribution >= 0.6 is 27.7 Å². The van der Waals surface area contributed by atoms with Crippen LogP contribution in [0, 0.1) is 0 Å². The van der Waals surface area contributed by atoms with E-state index in [2.05, 4.69) is 26.0 Å². The second kappa shape index (κ2) is 7.26. The first-order valence-electron chi connectivity index (χ1n) is 6.57. The second-order valence-corrected chi connectivity index (χ2v) is 8.78. The molecule has 1 fully saturated rings. The summed E-state index contributed by atoms with van der Waals surface area (Å²) in [6.45, 7) is 1.16. The van der Waals surface area contributed by atoms with Gasteiger partial charge in [0.05, 0.1) is 4.90 Å². The van der Waals surface area contributed by atoms with Crippen molar-refractivity contribution in [3.05, 3.63) is 28.2 Å². The first-order chi connectivity index (χ1) is 9.53. The molecule has 1 unspecified atom stereocenters. The number of thioether (sulfide) groups is 1. The third kappa shape index (κ3) is 4.21. The van der Waals surface area contributed by atoms with Crippen molar-refractivity contribution in [1.29, 1.82) is 0 Å². The van der Waals surface area contributed by atoms with Crippen molar-refractivity contribution in [1.82, 2.24) is 10.0 Å². The van der Waals surface area contributed by atoms with Gasteiger partial charge in [0, 0.05) is 22.8 Å². The highest BCUT2D eigenvalue weighted by Gasteiger charge is 2.22. The Morgan fingerprint density at radius 1 is 1.45 bits per heavy atom. The molecule has 1 aromatic rings. The zero-order chi connectivity index (χ0) is 14.6. The summed E-state index contributed by atoms with van der Waals surface area (Å²) in [6.07, 6.45) is 2.27. The summed E-state index contributed by atoms with van der Waals surface area (Å²) in [5.41, 5.74) is 0.950. The number of hydrogen-bond acceptors (Lipinski definition) is 4. The number of benzene rings is 1. The Labute approximate surface area is 133 Å². The Kier molecular flexibility index (Phi) is 5.92. The van der Waals surface area contributed by atoms with Crippen LogP contribution in [0.3, 0.4) is 0 Å². The Morgan fingerprint density at radius 2 is 2.25 bits per heavy atom. The van der Waals surface area contributed by atoms with Crippen LogP contribution in [0.15, 0.2) is 27.6 Å². The van der Waals surface area contributed by atoms with Crippen molar-refractivity contribution in [2.45, 2.75) is 29.5 Å². The molecule has 7 heteroatoms. The number of hydrogen-bond donors (Lipinski definition) is 2. The Bertz CT molecular complexity index is 557. The molecule has 0 saturated carbocycles. The summed E-state index contributed by atoms with van der Waals surface area (Å²) in [4.78, 5) is 0.313. The molecule has 0 aromatic heterocycles. The normalized spacial score (nSPS) is 19.4. The van der Waals surface area contributed by atoms with Crippen LogP contribution in [0.4, 0.5) is 0 Å². The van der Waals surface area contributed by atoms with Crippen LogP contribution in [-0.4, -0.2) is 33.0 Å². The Morgan fingerprint density at radius 3 is 2.90 bits per heavy atom. The van der Waals surface area contributed by atoms with E-state index in [1.165, 1.54) is 6.42 Å². The summed E-state index contributed by atoms with van der Waals surface area (Å²) in [5.74, 6) is 1.13. The van der Waals surface area contributed by atoms with Gasteiger partial charge in [-0.15, -0.1) is 0 Å². The molecule has 0 bridgehead atoms. The number of nitrogens with one attached hydrogen (secondary N) is 2. The second-order valence-electron chi connectivity index (χ2n) is 4.78. The molecule has 20 heavy (non-hydrogen) atoms. The highest BCUT2D eigenvalue weighted by Crippen LogP contribution is 2.27. The molecule has 0 aliphatic carbocycles. The minimum Gasteiger partial charge on any atom is -0.316 e. The van der Waals surface area contributed by atoms with Gasteiger partial charge in [0.2, 0.25) is 10.0 Å². The minimum absolute atomic E-state index is 0.313. The van der Waals surface area contributed by atoms with E-state index in [0.717, 1.165) is 17.7 Å². The third-order valence-electron chi connectivity index (χ3n) is 3.19. The SMILES string of the molecule is CNCc1ccc(Br)c(S(=O)(=O)NCC2CCCS2)c1. The van der Waals surface area contributed by atoms with E-state index in [1.54, 1.807) is 12.1 Å². The average molecular weight is 379 g/mol. The molecule has 4 nitrogen and oxygen atoms in total. The van der Waals surface area contributed by atoms with E-state index in [0.29, 0.717) is 27.7 Å². The largest absolute Gasteiger partial charge is 0.316 e. The number of rotatable bonds is 6. The van der Waals surface area contributed by atoms with Crippen molar-refractivity contribution in [2.75, 3.05) is 19.3 Å². The number of halogens is 1. The van der Waals surface area contributed by atoms with Gasteiger partial charge in [0.15, 0.2) is 0 Å². The summed E-state index contributed by atoms with van der Waals surface area (Å²) in [5, 5.41) is 3.43. The quantitative estimate of drug-likeness (QED) is 0.797. The van der Waals surface area contributed by atoms with E-state index in [1.807, 2.05) is 24.9 Å². The Balaban J connectivity index is 2.12. The molecule has 0 spiro atoms. The maximum Gasteiger partial charge on any atom is 0.241 e. The highest BCUT2D eigenvalue weighted by molar-refractivity contribution is 9.10. The monoisotopic (exact) mass is 378 g/mol. The van der Waals surface area contributed by atoms with Crippen LogP contribution in [0.1, 0.15) is 18.4 Å². The molecule has 1 aliphatic rings. The average Bonchev–Trinajstić information content (AvgIpc) is 2.92. The van der Waals surface area contributed by atoms with Crippen molar-refractivity contribution >= 4 is 37.7 Å². The molecule has 2 rings (SSSR count). The zero-order valence-electron chi connectivity index (χ0n) is 11.4. The minimum atomic E-state index is -3.46. The molecule has 0 radical (unpaired) electrons. The fraction of sp³-hybridized carbons (Fsp3) is 0.538. The third-order valence-corrected chi connectivity index (χ3v) is 7.01. The van der Waals surface area contributed by atoms with Crippen molar-refractivity contribution in [3.8, 4) is 0 Å². The van der Waals surface area contributed by atoms with E-state index in [9.17, 15) is 8.42 Å². The van der Waals surface area contributed by atoms with Gasteiger partial charge in [-0.1, -0.05) is 6.07 Å². The van der Waals surface area contributed by atoms with E-state index < -0.39 is 10.0 Å². The van der Waals surface area contributed by atoms with Crippen LogP contribution in [0.25, 0.3) is 0 Å². The van der Waals surface area contributed by atoms with Gasteiger partial charge >= 0.3 is 0 Å².